The van der Waals surface area contributed by atoms with Crippen LogP contribution in [0.2, 0.25) is 0 Å². The molecular formula is C16H21NOS. The lowest BCUT2D eigenvalue weighted by Gasteiger charge is -2.16. The second-order valence-electron chi connectivity index (χ2n) is 5.27. The Morgan fingerprint density at radius 2 is 2.05 bits per heavy atom. The van der Waals surface area contributed by atoms with Crippen LogP contribution in [-0.4, -0.2) is 22.3 Å². The lowest BCUT2D eigenvalue weighted by atomic mass is 10.1. The Morgan fingerprint density at radius 3 is 2.68 bits per heavy atom. The SMILES string of the molecule is CC1CCN(C(=O)CCCCc2ccccc2)C1=S. The third kappa shape index (κ3) is 3.87. The molecule has 1 heterocycles. The van der Waals surface area contributed by atoms with Gasteiger partial charge in [-0.25, -0.2) is 0 Å². The molecule has 2 nitrogen and oxygen atoms in total. The standard InChI is InChI=1S/C16H21NOS/c1-13-11-12-17(16(13)19)15(18)10-6-5-9-14-7-3-2-4-8-14/h2-4,7-8,13H,5-6,9-12H2,1H3. The Labute approximate surface area is 120 Å². The van der Waals surface area contributed by atoms with Gasteiger partial charge in [-0.3, -0.25) is 4.79 Å². The van der Waals surface area contributed by atoms with Gasteiger partial charge in [-0.05, 0) is 31.2 Å². The summed E-state index contributed by atoms with van der Waals surface area (Å²) < 4.78 is 0. The van der Waals surface area contributed by atoms with Crippen molar-refractivity contribution in [2.75, 3.05) is 6.54 Å². The first-order valence-corrected chi connectivity index (χ1v) is 7.47. The number of aryl methyl sites for hydroxylation is 1. The van der Waals surface area contributed by atoms with Gasteiger partial charge in [0.2, 0.25) is 5.91 Å². The van der Waals surface area contributed by atoms with E-state index in [1.807, 2.05) is 11.0 Å². The summed E-state index contributed by atoms with van der Waals surface area (Å²) in [6.07, 6.45) is 4.70. The highest BCUT2D eigenvalue weighted by Crippen LogP contribution is 2.20. The molecule has 19 heavy (non-hydrogen) atoms. The Balaban J connectivity index is 1.69. The zero-order valence-corrected chi connectivity index (χ0v) is 12.3. The topological polar surface area (TPSA) is 20.3 Å². The van der Waals surface area contributed by atoms with Gasteiger partial charge in [0.25, 0.3) is 0 Å². The normalized spacial score (nSPS) is 18.9. The minimum Gasteiger partial charge on any atom is -0.306 e. The Kier molecular flexibility index (Phi) is 5.08. The zero-order valence-electron chi connectivity index (χ0n) is 11.5. The van der Waals surface area contributed by atoms with Crippen LogP contribution in [0.25, 0.3) is 0 Å². The molecule has 2 rings (SSSR count). The summed E-state index contributed by atoms with van der Waals surface area (Å²) in [5.74, 6) is 0.602. The molecule has 0 bridgehead atoms. The van der Waals surface area contributed by atoms with Crippen molar-refractivity contribution in [2.45, 2.75) is 39.0 Å². The molecule has 1 aliphatic heterocycles. The second-order valence-corrected chi connectivity index (χ2v) is 5.68. The molecule has 0 N–H and O–H groups in total. The molecule has 0 saturated carbocycles. The van der Waals surface area contributed by atoms with Crippen LogP contribution in [-0.2, 0) is 11.2 Å². The summed E-state index contributed by atoms with van der Waals surface area (Å²) in [5, 5.41) is 0. The summed E-state index contributed by atoms with van der Waals surface area (Å²) in [6.45, 7) is 2.92. The van der Waals surface area contributed by atoms with Crippen molar-refractivity contribution in [2.24, 2.45) is 5.92 Å². The average molecular weight is 275 g/mol. The molecule has 1 amide bonds. The molecule has 1 aromatic carbocycles. The largest absolute Gasteiger partial charge is 0.306 e. The Bertz CT molecular complexity index is 443. The maximum absolute atomic E-state index is 12.1. The summed E-state index contributed by atoms with van der Waals surface area (Å²) in [4.78, 5) is 14.7. The number of benzene rings is 1. The smallest absolute Gasteiger partial charge is 0.227 e. The average Bonchev–Trinajstić information content (AvgIpc) is 2.76. The van der Waals surface area contributed by atoms with E-state index in [4.69, 9.17) is 12.2 Å². The molecule has 0 radical (unpaired) electrons. The first kappa shape index (κ1) is 14.2. The molecule has 1 aliphatic rings. The van der Waals surface area contributed by atoms with Crippen LogP contribution in [0.5, 0.6) is 0 Å². The fourth-order valence-electron chi connectivity index (χ4n) is 2.46. The van der Waals surface area contributed by atoms with Crippen molar-refractivity contribution in [3.05, 3.63) is 35.9 Å². The van der Waals surface area contributed by atoms with Crippen LogP contribution < -0.4 is 0 Å². The first-order valence-electron chi connectivity index (χ1n) is 7.06. The Hall–Kier alpha value is -1.22. The molecule has 1 atom stereocenters. The van der Waals surface area contributed by atoms with Crippen molar-refractivity contribution < 1.29 is 4.79 Å². The molecule has 0 aromatic heterocycles. The van der Waals surface area contributed by atoms with Gasteiger partial charge in [-0.15, -0.1) is 0 Å². The molecular weight excluding hydrogens is 254 g/mol. The maximum Gasteiger partial charge on any atom is 0.227 e. The van der Waals surface area contributed by atoms with E-state index >= 15 is 0 Å². The monoisotopic (exact) mass is 275 g/mol. The number of hydrogen-bond acceptors (Lipinski definition) is 2. The molecule has 1 aromatic rings. The number of rotatable bonds is 5. The van der Waals surface area contributed by atoms with E-state index in [1.54, 1.807) is 0 Å². The molecule has 3 heteroatoms. The van der Waals surface area contributed by atoms with Crippen LogP contribution in [0.3, 0.4) is 0 Å². The fraction of sp³-hybridized carbons (Fsp3) is 0.500. The van der Waals surface area contributed by atoms with Gasteiger partial charge in [0, 0.05) is 18.9 Å². The van der Waals surface area contributed by atoms with Gasteiger partial charge >= 0.3 is 0 Å². The molecule has 0 aliphatic carbocycles. The zero-order chi connectivity index (χ0) is 13.7. The number of unbranched alkanes of at least 4 members (excludes halogenated alkanes) is 1. The van der Waals surface area contributed by atoms with Crippen LogP contribution in [0.4, 0.5) is 0 Å². The molecule has 1 fully saturated rings. The number of hydrogen-bond donors (Lipinski definition) is 0. The fourth-order valence-corrected chi connectivity index (χ4v) is 2.77. The van der Waals surface area contributed by atoms with E-state index in [1.165, 1.54) is 5.56 Å². The molecule has 0 spiro atoms. The van der Waals surface area contributed by atoms with Gasteiger partial charge in [0.1, 0.15) is 0 Å². The Morgan fingerprint density at radius 1 is 1.32 bits per heavy atom. The van der Waals surface area contributed by atoms with Crippen molar-refractivity contribution in [3.63, 3.8) is 0 Å². The van der Waals surface area contributed by atoms with Crippen molar-refractivity contribution in [3.8, 4) is 0 Å². The predicted molar refractivity (Wildman–Crippen MR) is 82.1 cm³/mol. The minimum absolute atomic E-state index is 0.211. The van der Waals surface area contributed by atoms with Crippen molar-refractivity contribution in [1.29, 1.82) is 0 Å². The third-order valence-corrected chi connectivity index (χ3v) is 4.35. The van der Waals surface area contributed by atoms with E-state index in [0.29, 0.717) is 12.3 Å². The number of amides is 1. The molecule has 102 valence electrons. The number of likely N-dealkylation sites (tertiary alicyclic amines) is 1. The summed E-state index contributed by atoms with van der Waals surface area (Å²) in [6, 6.07) is 10.4. The van der Waals surface area contributed by atoms with E-state index in [2.05, 4.69) is 31.2 Å². The second kappa shape index (κ2) is 6.80. The van der Waals surface area contributed by atoms with E-state index in [9.17, 15) is 4.79 Å². The number of thiocarbonyl (C=S) groups is 1. The quantitative estimate of drug-likeness (QED) is 0.604. The van der Waals surface area contributed by atoms with Crippen LogP contribution in [0.15, 0.2) is 30.3 Å². The predicted octanol–water partition coefficient (Wildman–Crippen LogP) is 3.60. The lowest BCUT2D eigenvalue weighted by Crippen LogP contribution is -2.31. The number of nitrogens with zero attached hydrogens (tertiary/aromatic N) is 1. The van der Waals surface area contributed by atoms with E-state index in [0.717, 1.165) is 37.2 Å². The minimum atomic E-state index is 0.211. The van der Waals surface area contributed by atoms with Gasteiger partial charge < -0.3 is 4.90 Å². The highest BCUT2D eigenvalue weighted by molar-refractivity contribution is 7.80. The van der Waals surface area contributed by atoms with Crippen LogP contribution in [0.1, 0.15) is 38.2 Å². The molecule has 1 saturated heterocycles. The maximum atomic E-state index is 12.1. The van der Waals surface area contributed by atoms with Crippen LogP contribution >= 0.6 is 12.2 Å². The van der Waals surface area contributed by atoms with Gasteiger partial charge in [-0.2, -0.15) is 0 Å². The summed E-state index contributed by atoms with van der Waals surface area (Å²) >= 11 is 5.30. The van der Waals surface area contributed by atoms with Gasteiger partial charge in [0.05, 0.1) is 4.99 Å². The number of carbonyl (C=O) groups excluding carboxylic acids is 1. The van der Waals surface area contributed by atoms with E-state index < -0.39 is 0 Å². The van der Waals surface area contributed by atoms with E-state index in [-0.39, 0.29) is 5.91 Å². The van der Waals surface area contributed by atoms with Crippen molar-refractivity contribution >= 4 is 23.1 Å². The van der Waals surface area contributed by atoms with Crippen LogP contribution in [0, 0.1) is 5.92 Å². The first-order chi connectivity index (χ1) is 9.18. The van der Waals surface area contributed by atoms with Crippen molar-refractivity contribution in [1.82, 2.24) is 4.90 Å². The third-order valence-electron chi connectivity index (χ3n) is 3.72. The highest BCUT2D eigenvalue weighted by Gasteiger charge is 2.28. The highest BCUT2D eigenvalue weighted by atomic mass is 32.1. The van der Waals surface area contributed by atoms with Gasteiger partial charge in [-0.1, -0.05) is 49.5 Å². The van der Waals surface area contributed by atoms with Gasteiger partial charge in [0.15, 0.2) is 0 Å². The summed E-state index contributed by atoms with van der Waals surface area (Å²) in [5.41, 5.74) is 1.35. The number of carbonyl (C=O) groups is 1. The summed E-state index contributed by atoms with van der Waals surface area (Å²) in [7, 11) is 0. The lowest BCUT2D eigenvalue weighted by molar-refractivity contribution is -0.127. The molecule has 1 unspecified atom stereocenters.